The first-order chi connectivity index (χ1) is 13.0. The Morgan fingerprint density at radius 2 is 1.89 bits per heavy atom. The van der Waals surface area contributed by atoms with Gasteiger partial charge in [-0.2, -0.15) is 0 Å². The number of primary amides is 1. The fraction of sp³-hybridized carbons (Fsp3) is 0.0476. The van der Waals surface area contributed by atoms with Crippen molar-refractivity contribution in [2.75, 3.05) is 0 Å². The van der Waals surface area contributed by atoms with Crippen LogP contribution >= 0.6 is 11.3 Å². The number of carbonyl (C=O) groups excluding carboxylic acids is 2. The number of halogens is 1. The van der Waals surface area contributed by atoms with E-state index in [4.69, 9.17) is 5.73 Å². The molecular weight excluding hydrogens is 363 g/mol. The molecule has 0 aliphatic rings. The third kappa shape index (κ3) is 4.89. The summed E-state index contributed by atoms with van der Waals surface area (Å²) in [5, 5.41) is 2.75. The fourth-order valence-electron chi connectivity index (χ4n) is 2.49. The zero-order valence-electron chi connectivity index (χ0n) is 14.3. The number of amides is 2. The van der Waals surface area contributed by atoms with Gasteiger partial charge in [0.05, 0.1) is 0 Å². The van der Waals surface area contributed by atoms with E-state index in [1.54, 1.807) is 48.5 Å². The van der Waals surface area contributed by atoms with Gasteiger partial charge in [0.25, 0.3) is 0 Å². The van der Waals surface area contributed by atoms with Gasteiger partial charge in [0.15, 0.2) is 0 Å². The monoisotopic (exact) mass is 380 g/mol. The molecule has 3 N–H and O–H groups in total. The lowest BCUT2D eigenvalue weighted by atomic mass is 10.1. The molecule has 4 nitrogen and oxygen atoms in total. The zero-order chi connectivity index (χ0) is 19.2. The first kappa shape index (κ1) is 18.5. The van der Waals surface area contributed by atoms with Gasteiger partial charge in [-0.1, -0.05) is 30.3 Å². The van der Waals surface area contributed by atoms with Crippen molar-refractivity contribution in [3.8, 4) is 10.4 Å². The van der Waals surface area contributed by atoms with Gasteiger partial charge in [0.1, 0.15) is 5.82 Å². The van der Waals surface area contributed by atoms with Gasteiger partial charge in [-0.25, -0.2) is 4.39 Å². The maximum Gasteiger partial charge on any atom is 0.248 e. The molecule has 0 spiro atoms. The molecule has 27 heavy (non-hydrogen) atoms. The van der Waals surface area contributed by atoms with Crippen molar-refractivity contribution in [3.63, 3.8) is 0 Å². The van der Waals surface area contributed by atoms with E-state index in [-0.39, 0.29) is 18.3 Å². The number of benzene rings is 2. The van der Waals surface area contributed by atoms with Crippen LogP contribution in [0.2, 0.25) is 0 Å². The van der Waals surface area contributed by atoms with Gasteiger partial charge in [-0.05, 0) is 42.0 Å². The van der Waals surface area contributed by atoms with Crippen LogP contribution in [0, 0.1) is 5.82 Å². The molecule has 2 amide bonds. The zero-order valence-corrected chi connectivity index (χ0v) is 15.1. The lowest BCUT2D eigenvalue weighted by molar-refractivity contribution is -0.116. The Balaban J connectivity index is 1.60. The summed E-state index contributed by atoms with van der Waals surface area (Å²) in [6.07, 6.45) is 3.11. The molecule has 136 valence electrons. The molecule has 0 aliphatic heterocycles. The Morgan fingerprint density at radius 1 is 1.07 bits per heavy atom. The summed E-state index contributed by atoms with van der Waals surface area (Å²) in [5.41, 5.74) is 6.97. The molecule has 0 aliphatic carbocycles. The molecule has 1 aromatic heterocycles. The molecule has 0 saturated heterocycles. The second-order valence-corrected chi connectivity index (χ2v) is 6.91. The second kappa shape index (κ2) is 8.42. The predicted octanol–water partition coefficient (Wildman–Crippen LogP) is 3.98. The van der Waals surface area contributed by atoms with Crippen molar-refractivity contribution in [3.05, 3.63) is 88.6 Å². The minimum atomic E-state index is -0.508. The largest absolute Gasteiger partial charge is 0.366 e. The lowest BCUT2D eigenvalue weighted by Gasteiger charge is -2.04. The highest BCUT2D eigenvalue weighted by atomic mass is 32.1. The normalized spacial score (nSPS) is 10.9. The Labute approximate surface area is 160 Å². The first-order valence-electron chi connectivity index (χ1n) is 8.22. The molecule has 3 aromatic rings. The van der Waals surface area contributed by atoms with E-state index in [9.17, 15) is 14.0 Å². The Kier molecular flexibility index (Phi) is 5.78. The summed E-state index contributed by atoms with van der Waals surface area (Å²) in [7, 11) is 0. The second-order valence-electron chi connectivity index (χ2n) is 5.80. The van der Waals surface area contributed by atoms with Crippen LogP contribution in [0.25, 0.3) is 16.5 Å². The third-order valence-corrected chi connectivity index (χ3v) is 4.93. The molecule has 0 unspecified atom stereocenters. The number of thiophene rings is 1. The maximum absolute atomic E-state index is 13.8. The number of nitrogens with one attached hydrogen (secondary N) is 1. The van der Waals surface area contributed by atoms with Gasteiger partial charge >= 0.3 is 0 Å². The summed E-state index contributed by atoms with van der Waals surface area (Å²) in [5.74, 6) is -1.04. The van der Waals surface area contributed by atoms with Crippen molar-refractivity contribution >= 4 is 29.2 Å². The van der Waals surface area contributed by atoms with Crippen LogP contribution in [-0.4, -0.2) is 11.8 Å². The SMILES string of the molecule is NC(=O)c1cccc(CNC(=O)/C=C/c2ccc(-c3ccccc3F)s2)c1. The van der Waals surface area contributed by atoms with E-state index >= 15 is 0 Å². The molecular formula is C21H17FN2O2S. The van der Waals surface area contributed by atoms with Crippen LogP contribution in [0.3, 0.4) is 0 Å². The number of carbonyl (C=O) groups is 2. The molecule has 0 bridgehead atoms. The Hall–Kier alpha value is -3.25. The lowest BCUT2D eigenvalue weighted by Crippen LogP contribution is -2.20. The number of hydrogen-bond donors (Lipinski definition) is 2. The van der Waals surface area contributed by atoms with Crippen LogP contribution in [0.4, 0.5) is 4.39 Å². The quantitative estimate of drug-likeness (QED) is 0.635. The molecule has 0 fully saturated rings. The molecule has 0 radical (unpaired) electrons. The Bertz CT molecular complexity index is 1010. The summed E-state index contributed by atoms with van der Waals surface area (Å²) >= 11 is 1.40. The molecule has 2 aromatic carbocycles. The Morgan fingerprint density at radius 3 is 2.67 bits per heavy atom. The van der Waals surface area contributed by atoms with E-state index in [1.807, 2.05) is 12.1 Å². The van der Waals surface area contributed by atoms with Crippen LogP contribution in [-0.2, 0) is 11.3 Å². The highest BCUT2D eigenvalue weighted by Gasteiger charge is 2.07. The third-order valence-electron chi connectivity index (χ3n) is 3.84. The molecule has 3 rings (SSSR count). The number of rotatable bonds is 6. The summed E-state index contributed by atoms with van der Waals surface area (Å²) in [6.45, 7) is 0.287. The fourth-order valence-corrected chi connectivity index (χ4v) is 3.43. The number of nitrogens with two attached hydrogens (primary N) is 1. The number of hydrogen-bond acceptors (Lipinski definition) is 3. The van der Waals surface area contributed by atoms with E-state index in [2.05, 4.69) is 5.32 Å². The molecule has 0 atom stereocenters. The summed E-state index contributed by atoms with van der Waals surface area (Å²) in [6, 6.07) is 17.0. The topological polar surface area (TPSA) is 72.2 Å². The van der Waals surface area contributed by atoms with Gasteiger partial charge in [-0.15, -0.1) is 11.3 Å². The highest BCUT2D eigenvalue weighted by Crippen LogP contribution is 2.30. The first-order valence-corrected chi connectivity index (χ1v) is 9.04. The van der Waals surface area contributed by atoms with Gasteiger partial charge in [0.2, 0.25) is 11.8 Å². The van der Waals surface area contributed by atoms with E-state index < -0.39 is 5.91 Å². The summed E-state index contributed by atoms with van der Waals surface area (Å²) < 4.78 is 13.8. The van der Waals surface area contributed by atoms with Gasteiger partial charge in [-0.3, -0.25) is 9.59 Å². The van der Waals surface area contributed by atoms with Crippen LogP contribution in [0.5, 0.6) is 0 Å². The average Bonchev–Trinajstić information content (AvgIpc) is 3.14. The summed E-state index contributed by atoms with van der Waals surface area (Å²) in [4.78, 5) is 24.8. The standard InChI is InChI=1S/C21H17FN2O2S/c22-18-7-2-1-6-17(18)19-10-8-16(27-19)9-11-20(25)24-13-14-4-3-5-15(12-14)21(23)26/h1-12H,13H2,(H2,23,26)(H,24,25)/b11-9+. The van der Waals surface area contributed by atoms with Gasteiger partial charge < -0.3 is 11.1 Å². The van der Waals surface area contributed by atoms with Crippen molar-refractivity contribution in [1.82, 2.24) is 5.32 Å². The van der Waals surface area contributed by atoms with Crippen LogP contribution < -0.4 is 11.1 Å². The molecule has 1 heterocycles. The van der Waals surface area contributed by atoms with Crippen LogP contribution in [0.15, 0.2) is 66.7 Å². The minimum absolute atomic E-state index is 0.264. The van der Waals surface area contributed by atoms with E-state index in [0.717, 1.165) is 15.3 Å². The predicted molar refractivity (Wildman–Crippen MR) is 106 cm³/mol. The molecule has 0 saturated carbocycles. The van der Waals surface area contributed by atoms with E-state index in [1.165, 1.54) is 23.5 Å². The van der Waals surface area contributed by atoms with Crippen molar-refractivity contribution in [2.24, 2.45) is 5.73 Å². The van der Waals surface area contributed by atoms with Crippen molar-refractivity contribution in [2.45, 2.75) is 6.54 Å². The molecule has 6 heteroatoms. The van der Waals surface area contributed by atoms with Gasteiger partial charge in [0, 0.05) is 33.5 Å². The smallest absolute Gasteiger partial charge is 0.248 e. The van der Waals surface area contributed by atoms with Crippen LogP contribution in [0.1, 0.15) is 20.8 Å². The van der Waals surface area contributed by atoms with Crippen molar-refractivity contribution < 1.29 is 14.0 Å². The minimum Gasteiger partial charge on any atom is -0.366 e. The van der Waals surface area contributed by atoms with Crippen molar-refractivity contribution in [1.29, 1.82) is 0 Å². The average molecular weight is 380 g/mol. The van der Waals surface area contributed by atoms with E-state index in [0.29, 0.717) is 11.1 Å². The highest BCUT2D eigenvalue weighted by molar-refractivity contribution is 7.16. The maximum atomic E-state index is 13.8.